The van der Waals surface area contributed by atoms with E-state index in [1.54, 1.807) is 18.5 Å². The van der Waals surface area contributed by atoms with Crippen LogP contribution in [-0.4, -0.2) is 26.6 Å². The Morgan fingerprint density at radius 1 is 1.08 bits per heavy atom. The van der Waals surface area contributed by atoms with E-state index in [2.05, 4.69) is 21.8 Å². The van der Waals surface area contributed by atoms with Gasteiger partial charge < -0.3 is 10.0 Å². The number of hydrogen-bond acceptors (Lipinski definition) is 5. The van der Waals surface area contributed by atoms with Crippen molar-refractivity contribution in [1.29, 1.82) is 0 Å². The molecule has 25 heavy (non-hydrogen) atoms. The number of rotatable bonds is 6. The molecule has 0 aliphatic rings. The fraction of sp³-hybridized carbons (Fsp3) is 0.250. The molecule has 0 saturated carbocycles. The number of aromatic nitrogens is 3. The smallest absolute Gasteiger partial charge is 0.163 e. The lowest BCUT2D eigenvalue weighted by atomic mass is 10.2. The minimum atomic E-state index is 0.307. The van der Waals surface area contributed by atoms with Crippen LogP contribution >= 0.6 is 0 Å². The van der Waals surface area contributed by atoms with E-state index in [1.165, 1.54) is 0 Å². The van der Waals surface area contributed by atoms with Gasteiger partial charge >= 0.3 is 0 Å². The number of para-hydroxylation sites is 1. The first-order valence-electron chi connectivity index (χ1n) is 8.45. The summed E-state index contributed by atoms with van der Waals surface area (Å²) in [5.41, 5.74) is 2.68. The molecule has 0 aliphatic carbocycles. The van der Waals surface area contributed by atoms with Crippen molar-refractivity contribution in [3.05, 3.63) is 66.1 Å². The Hall–Kier alpha value is -2.95. The van der Waals surface area contributed by atoms with Crippen molar-refractivity contribution in [2.75, 3.05) is 11.4 Å². The summed E-state index contributed by atoms with van der Waals surface area (Å²) in [6.45, 7) is 5.55. The topological polar surface area (TPSA) is 62.1 Å². The molecule has 5 heteroatoms. The van der Waals surface area contributed by atoms with Gasteiger partial charge in [-0.25, -0.2) is 9.97 Å². The Labute approximate surface area is 148 Å². The van der Waals surface area contributed by atoms with Crippen LogP contribution in [0.3, 0.4) is 0 Å². The van der Waals surface area contributed by atoms with Gasteiger partial charge in [0.25, 0.3) is 0 Å². The zero-order chi connectivity index (χ0) is 17.6. The largest absolute Gasteiger partial charge is 0.508 e. The molecule has 0 aliphatic heterocycles. The van der Waals surface area contributed by atoms with E-state index >= 15 is 0 Å². The molecule has 0 spiro atoms. The molecule has 0 saturated heterocycles. The van der Waals surface area contributed by atoms with Crippen molar-refractivity contribution in [2.45, 2.75) is 26.8 Å². The SMILES string of the molecule is CCCN(Cc1ccccc1O)c1cc(C)nc(-c2cccnc2)n1. The van der Waals surface area contributed by atoms with Crippen molar-refractivity contribution in [3.8, 4) is 17.1 Å². The number of pyridine rings is 1. The molecule has 0 bridgehead atoms. The van der Waals surface area contributed by atoms with Crippen molar-refractivity contribution in [2.24, 2.45) is 0 Å². The highest BCUT2D eigenvalue weighted by Gasteiger charge is 2.13. The third-order valence-electron chi connectivity index (χ3n) is 3.93. The van der Waals surface area contributed by atoms with Crippen LogP contribution < -0.4 is 4.90 Å². The molecule has 0 radical (unpaired) electrons. The van der Waals surface area contributed by atoms with Gasteiger partial charge in [0.15, 0.2) is 5.82 Å². The van der Waals surface area contributed by atoms with Gasteiger partial charge in [-0.05, 0) is 31.5 Å². The second-order valence-electron chi connectivity index (χ2n) is 5.98. The normalized spacial score (nSPS) is 10.6. The van der Waals surface area contributed by atoms with Gasteiger partial charge in [0, 0.05) is 48.4 Å². The summed E-state index contributed by atoms with van der Waals surface area (Å²) in [6, 6.07) is 13.2. The summed E-state index contributed by atoms with van der Waals surface area (Å²) in [5.74, 6) is 1.83. The zero-order valence-corrected chi connectivity index (χ0v) is 14.6. The monoisotopic (exact) mass is 334 g/mol. The summed E-state index contributed by atoms with van der Waals surface area (Å²) in [7, 11) is 0. The fourth-order valence-corrected chi connectivity index (χ4v) is 2.73. The molecule has 0 amide bonds. The Bertz CT molecular complexity index is 836. The summed E-state index contributed by atoms with van der Waals surface area (Å²) >= 11 is 0. The number of hydrogen-bond donors (Lipinski definition) is 1. The van der Waals surface area contributed by atoms with Gasteiger partial charge in [0.1, 0.15) is 11.6 Å². The Morgan fingerprint density at radius 2 is 1.92 bits per heavy atom. The summed E-state index contributed by atoms with van der Waals surface area (Å²) in [4.78, 5) is 15.6. The predicted molar refractivity (Wildman–Crippen MR) is 99.4 cm³/mol. The second kappa shape index (κ2) is 7.75. The van der Waals surface area contributed by atoms with E-state index in [1.807, 2.05) is 43.3 Å². The third kappa shape index (κ3) is 4.12. The first kappa shape index (κ1) is 16.9. The highest BCUT2D eigenvalue weighted by atomic mass is 16.3. The molecule has 1 aromatic carbocycles. The van der Waals surface area contributed by atoms with E-state index in [0.717, 1.165) is 35.6 Å². The second-order valence-corrected chi connectivity index (χ2v) is 5.98. The highest BCUT2D eigenvalue weighted by molar-refractivity contribution is 5.57. The summed E-state index contributed by atoms with van der Waals surface area (Å²) in [5, 5.41) is 10.1. The average Bonchev–Trinajstić information content (AvgIpc) is 2.63. The van der Waals surface area contributed by atoms with Crippen LogP contribution in [0.15, 0.2) is 54.9 Å². The Kier molecular flexibility index (Phi) is 5.23. The fourth-order valence-electron chi connectivity index (χ4n) is 2.73. The first-order chi connectivity index (χ1) is 12.2. The minimum absolute atomic E-state index is 0.307. The molecular weight excluding hydrogens is 312 g/mol. The lowest BCUT2D eigenvalue weighted by molar-refractivity contribution is 0.467. The van der Waals surface area contributed by atoms with Crippen molar-refractivity contribution >= 4 is 5.82 Å². The van der Waals surface area contributed by atoms with Crippen LogP contribution in [0.4, 0.5) is 5.82 Å². The lowest BCUT2D eigenvalue weighted by Crippen LogP contribution is -2.25. The van der Waals surface area contributed by atoms with Gasteiger partial charge in [0.2, 0.25) is 0 Å². The number of aryl methyl sites for hydroxylation is 1. The molecule has 5 nitrogen and oxygen atoms in total. The molecule has 1 N–H and O–H groups in total. The maximum absolute atomic E-state index is 10.1. The quantitative estimate of drug-likeness (QED) is 0.739. The summed E-state index contributed by atoms with van der Waals surface area (Å²) < 4.78 is 0. The number of nitrogens with zero attached hydrogens (tertiary/aromatic N) is 4. The number of phenolic OH excluding ortho intramolecular Hbond substituents is 1. The zero-order valence-electron chi connectivity index (χ0n) is 14.6. The van der Waals surface area contributed by atoms with Crippen molar-refractivity contribution in [1.82, 2.24) is 15.0 Å². The molecule has 2 aromatic heterocycles. The van der Waals surface area contributed by atoms with Crippen LogP contribution in [0.2, 0.25) is 0 Å². The molecule has 2 heterocycles. The number of anilines is 1. The van der Waals surface area contributed by atoms with Crippen LogP contribution in [0, 0.1) is 6.92 Å². The molecule has 0 fully saturated rings. The highest BCUT2D eigenvalue weighted by Crippen LogP contribution is 2.24. The average molecular weight is 334 g/mol. The summed E-state index contributed by atoms with van der Waals surface area (Å²) in [6.07, 6.45) is 4.49. The molecule has 0 unspecified atom stereocenters. The van der Waals surface area contributed by atoms with Crippen LogP contribution in [0.25, 0.3) is 11.4 Å². The van der Waals surface area contributed by atoms with Gasteiger partial charge in [-0.2, -0.15) is 0 Å². The van der Waals surface area contributed by atoms with E-state index in [9.17, 15) is 5.11 Å². The van der Waals surface area contributed by atoms with Crippen LogP contribution in [0.1, 0.15) is 24.6 Å². The van der Waals surface area contributed by atoms with Gasteiger partial charge in [-0.3, -0.25) is 4.98 Å². The van der Waals surface area contributed by atoms with Crippen molar-refractivity contribution < 1.29 is 5.11 Å². The van der Waals surface area contributed by atoms with Crippen molar-refractivity contribution in [3.63, 3.8) is 0 Å². The van der Waals surface area contributed by atoms with E-state index in [-0.39, 0.29) is 0 Å². The van der Waals surface area contributed by atoms with Gasteiger partial charge in [0.05, 0.1) is 0 Å². The number of phenols is 1. The molecular formula is C20H22N4O. The molecule has 0 atom stereocenters. The number of aromatic hydroxyl groups is 1. The molecule has 3 aromatic rings. The molecule has 128 valence electrons. The van der Waals surface area contributed by atoms with Gasteiger partial charge in [-0.15, -0.1) is 0 Å². The van der Waals surface area contributed by atoms with E-state index in [4.69, 9.17) is 4.98 Å². The minimum Gasteiger partial charge on any atom is -0.508 e. The van der Waals surface area contributed by atoms with E-state index in [0.29, 0.717) is 18.1 Å². The standard InChI is InChI=1S/C20H22N4O/c1-3-11-24(14-17-7-4-5-9-18(17)25)19-12-15(2)22-20(23-19)16-8-6-10-21-13-16/h4-10,12-13,25H,3,11,14H2,1-2H3. The Morgan fingerprint density at radius 3 is 2.64 bits per heavy atom. The van der Waals surface area contributed by atoms with E-state index < -0.39 is 0 Å². The molecule has 3 rings (SSSR count). The lowest BCUT2D eigenvalue weighted by Gasteiger charge is -2.24. The Balaban J connectivity index is 1.96. The maximum atomic E-state index is 10.1. The predicted octanol–water partition coefficient (Wildman–Crippen LogP) is 3.97. The van der Waals surface area contributed by atoms with Crippen LogP contribution in [-0.2, 0) is 6.54 Å². The van der Waals surface area contributed by atoms with Crippen LogP contribution in [0.5, 0.6) is 5.75 Å². The number of benzene rings is 1. The third-order valence-corrected chi connectivity index (χ3v) is 3.93. The first-order valence-corrected chi connectivity index (χ1v) is 8.45. The maximum Gasteiger partial charge on any atom is 0.163 e. The van der Waals surface area contributed by atoms with Gasteiger partial charge in [-0.1, -0.05) is 25.1 Å².